The average molecular weight is 293 g/mol. The summed E-state index contributed by atoms with van der Waals surface area (Å²) in [7, 11) is 0. The summed E-state index contributed by atoms with van der Waals surface area (Å²) in [5.74, 6) is -0.260. The molecule has 0 spiro atoms. The van der Waals surface area contributed by atoms with Gasteiger partial charge >= 0.3 is 6.09 Å². The van der Waals surface area contributed by atoms with Crippen molar-refractivity contribution in [2.45, 2.75) is 39.8 Å². The van der Waals surface area contributed by atoms with Gasteiger partial charge in [0.1, 0.15) is 11.3 Å². The Bertz CT molecular complexity index is 550. The number of alkyl carbamates (subject to hydrolysis) is 1. The van der Waals surface area contributed by atoms with Gasteiger partial charge in [-0.05, 0) is 32.9 Å². The molecule has 114 valence electrons. The molecule has 0 aromatic carbocycles. The fourth-order valence-corrected chi connectivity index (χ4v) is 1.51. The standard InChI is InChI=1S/C14H19N3O4/c1-9(19)16-10-5-11(17-12(6-10)8-18)7-15-13(20)21-14(2,3)4/h5-6,8H,7H2,1-4H3,(H,15,20)(H,16,17,19). The first-order valence-electron chi connectivity index (χ1n) is 6.40. The number of aldehydes is 1. The second kappa shape index (κ2) is 6.83. The van der Waals surface area contributed by atoms with E-state index in [0.717, 1.165) is 0 Å². The molecular weight excluding hydrogens is 274 g/mol. The summed E-state index contributed by atoms with van der Waals surface area (Å²) in [4.78, 5) is 37.5. The average Bonchev–Trinajstić information content (AvgIpc) is 2.33. The number of hydrogen-bond donors (Lipinski definition) is 2. The van der Waals surface area contributed by atoms with Crippen LogP contribution in [0.2, 0.25) is 0 Å². The SMILES string of the molecule is CC(=O)Nc1cc(C=O)nc(CNC(=O)OC(C)(C)C)c1. The lowest BCUT2D eigenvalue weighted by Gasteiger charge is -2.19. The summed E-state index contributed by atoms with van der Waals surface area (Å²) in [6, 6.07) is 3.02. The van der Waals surface area contributed by atoms with E-state index in [2.05, 4.69) is 15.6 Å². The van der Waals surface area contributed by atoms with Crippen LogP contribution in [0.3, 0.4) is 0 Å². The molecule has 0 saturated carbocycles. The van der Waals surface area contributed by atoms with Crippen LogP contribution >= 0.6 is 0 Å². The van der Waals surface area contributed by atoms with E-state index in [4.69, 9.17) is 4.74 Å². The Morgan fingerprint density at radius 3 is 2.52 bits per heavy atom. The Kier molecular flexibility index (Phi) is 5.40. The van der Waals surface area contributed by atoms with E-state index in [1.807, 2.05) is 0 Å². The van der Waals surface area contributed by atoms with Crippen LogP contribution in [0.15, 0.2) is 12.1 Å². The zero-order chi connectivity index (χ0) is 16.0. The number of carbonyl (C=O) groups excluding carboxylic acids is 3. The number of nitrogens with zero attached hydrogens (tertiary/aromatic N) is 1. The van der Waals surface area contributed by atoms with Crippen molar-refractivity contribution in [1.29, 1.82) is 0 Å². The largest absolute Gasteiger partial charge is 0.444 e. The fourth-order valence-electron chi connectivity index (χ4n) is 1.51. The van der Waals surface area contributed by atoms with E-state index >= 15 is 0 Å². The maximum atomic E-state index is 11.5. The van der Waals surface area contributed by atoms with Gasteiger partial charge in [0.05, 0.1) is 12.2 Å². The van der Waals surface area contributed by atoms with Crippen molar-refractivity contribution in [3.8, 4) is 0 Å². The summed E-state index contributed by atoms with van der Waals surface area (Å²) in [6.45, 7) is 6.72. The molecule has 0 atom stereocenters. The van der Waals surface area contributed by atoms with E-state index in [1.165, 1.54) is 13.0 Å². The smallest absolute Gasteiger partial charge is 0.407 e. The minimum atomic E-state index is -0.594. The Morgan fingerprint density at radius 2 is 2.00 bits per heavy atom. The molecule has 1 aromatic rings. The molecule has 21 heavy (non-hydrogen) atoms. The Morgan fingerprint density at radius 1 is 1.33 bits per heavy atom. The number of amides is 2. The van der Waals surface area contributed by atoms with Crippen molar-refractivity contribution in [3.05, 3.63) is 23.5 Å². The van der Waals surface area contributed by atoms with Crippen LogP contribution in [-0.2, 0) is 16.1 Å². The molecule has 2 N–H and O–H groups in total. The first kappa shape index (κ1) is 16.6. The van der Waals surface area contributed by atoms with Crippen molar-refractivity contribution in [2.24, 2.45) is 0 Å². The third kappa shape index (κ3) is 6.51. The van der Waals surface area contributed by atoms with E-state index < -0.39 is 11.7 Å². The van der Waals surface area contributed by atoms with Crippen molar-refractivity contribution in [2.75, 3.05) is 5.32 Å². The second-order valence-corrected chi connectivity index (χ2v) is 5.43. The summed E-state index contributed by atoms with van der Waals surface area (Å²) in [5.41, 5.74) is 0.459. The van der Waals surface area contributed by atoms with E-state index in [9.17, 15) is 14.4 Å². The molecule has 0 aliphatic rings. The van der Waals surface area contributed by atoms with Gasteiger partial charge in [-0.3, -0.25) is 9.59 Å². The summed E-state index contributed by atoms with van der Waals surface area (Å²) in [5, 5.41) is 5.10. The molecule has 0 unspecified atom stereocenters. The van der Waals surface area contributed by atoms with E-state index in [-0.39, 0.29) is 18.1 Å². The summed E-state index contributed by atoms with van der Waals surface area (Å²) >= 11 is 0. The minimum Gasteiger partial charge on any atom is -0.444 e. The Balaban J connectivity index is 2.76. The number of ether oxygens (including phenoxy) is 1. The molecule has 0 aliphatic heterocycles. The Hall–Kier alpha value is -2.44. The highest BCUT2D eigenvalue weighted by Crippen LogP contribution is 2.11. The maximum absolute atomic E-state index is 11.5. The molecule has 0 bridgehead atoms. The lowest BCUT2D eigenvalue weighted by Crippen LogP contribution is -2.32. The van der Waals surface area contributed by atoms with Gasteiger partial charge in [-0.15, -0.1) is 0 Å². The molecular formula is C14H19N3O4. The van der Waals surface area contributed by atoms with Crippen LogP contribution in [0.5, 0.6) is 0 Å². The maximum Gasteiger partial charge on any atom is 0.407 e. The number of aromatic nitrogens is 1. The lowest BCUT2D eigenvalue weighted by atomic mass is 10.2. The third-order valence-corrected chi connectivity index (χ3v) is 2.15. The van der Waals surface area contributed by atoms with E-state index in [1.54, 1.807) is 26.8 Å². The number of anilines is 1. The summed E-state index contributed by atoms with van der Waals surface area (Å²) in [6.07, 6.45) is -0.00987. The van der Waals surface area contributed by atoms with Gasteiger partial charge in [0.2, 0.25) is 5.91 Å². The first-order chi connectivity index (χ1) is 9.69. The number of carbonyl (C=O) groups is 3. The first-order valence-corrected chi connectivity index (χ1v) is 6.40. The molecule has 1 aromatic heterocycles. The van der Waals surface area contributed by atoms with Crippen molar-refractivity contribution in [1.82, 2.24) is 10.3 Å². The molecule has 0 saturated heterocycles. The zero-order valence-electron chi connectivity index (χ0n) is 12.5. The van der Waals surface area contributed by atoms with Gasteiger partial charge in [-0.1, -0.05) is 0 Å². The molecule has 0 radical (unpaired) electrons. The van der Waals surface area contributed by atoms with Gasteiger partial charge in [0, 0.05) is 12.6 Å². The number of pyridine rings is 1. The number of nitrogens with one attached hydrogen (secondary N) is 2. The monoisotopic (exact) mass is 293 g/mol. The molecule has 1 rings (SSSR count). The number of rotatable bonds is 4. The lowest BCUT2D eigenvalue weighted by molar-refractivity contribution is -0.114. The van der Waals surface area contributed by atoms with Crippen molar-refractivity contribution >= 4 is 24.0 Å². The Labute approximate surface area is 123 Å². The van der Waals surface area contributed by atoms with Gasteiger partial charge in [0.15, 0.2) is 6.29 Å². The minimum absolute atomic E-state index is 0.0865. The van der Waals surface area contributed by atoms with E-state index in [0.29, 0.717) is 17.7 Å². The zero-order valence-corrected chi connectivity index (χ0v) is 12.5. The van der Waals surface area contributed by atoms with Gasteiger partial charge in [-0.25, -0.2) is 9.78 Å². The quantitative estimate of drug-likeness (QED) is 0.826. The van der Waals surface area contributed by atoms with Gasteiger partial charge in [0.25, 0.3) is 0 Å². The van der Waals surface area contributed by atoms with Gasteiger partial charge in [-0.2, -0.15) is 0 Å². The predicted molar refractivity (Wildman–Crippen MR) is 77.0 cm³/mol. The topological polar surface area (TPSA) is 97.4 Å². The van der Waals surface area contributed by atoms with Crippen LogP contribution in [0.25, 0.3) is 0 Å². The number of hydrogen-bond acceptors (Lipinski definition) is 5. The van der Waals surface area contributed by atoms with Crippen LogP contribution < -0.4 is 10.6 Å². The molecule has 2 amide bonds. The highest BCUT2D eigenvalue weighted by molar-refractivity contribution is 5.89. The van der Waals surface area contributed by atoms with Crippen LogP contribution in [-0.4, -0.2) is 28.9 Å². The highest BCUT2D eigenvalue weighted by atomic mass is 16.6. The van der Waals surface area contributed by atoms with Crippen molar-refractivity contribution < 1.29 is 19.1 Å². The normalized spacial score (nSPS) is 10.7. The van der Waals surface area contributed by atoms with Crippen LogP contribution in [0, 0.1) is 0 Å². The molecule has 0 aliphatic carbocycles. The fraction of sp³-hybridized carbons (Fsp3) is 0.429. The predicted octanol–water partition coefficient (Wildman–Crippen LogP) is 1.88. The molecule has 1 heterocycles. The molecule has 0 fully saturated rings. The van der Waals surface area contributed by atoms with Crippen LogP contribution in [0.1, 0.15) is 43.9 Å². The highest BCUT2D eigenvalue weighted by Gasteiger charge is 2.16. The van der Waals surface area contributed by atoms with Crippen molar-refractivity contribution in [3.63, 3.8) is 0 Å². The summed E-state index contributed by atoms with van der Waals surface area (Å²) < 4.78 is 5.09. The molecule has 7 nitrogen and oxygen atoms in total. The van der Waals surface area contributed by atoms with Gasteiger partial charge < -0.3 is 15.4 Å². The third-order valence-electron chi connectivity index (χ3n) is 2.15. The second-order valence-electron chi connectivity index (χ2n) is 5.43. The molecule has 7 heteroatoms. The van der Waals surface area contributed by atoms with Crippen LogP contribution in [0.4, 0.5) is 10.5 Å².